The second-order valence-corrected chi connectivity index (χ2v) is 10.2. The summed E-state index contributed by atoms with van der Waals surface area (Å²) in [6.07, 6.45) is 7.98. The summed E-state index contributed by atoms with van der Waals surface area (Å²) in [5.41, 5.74) is 1.45. The van der Waals surface area contributed by atoms with Crippen LogP contribution in [-0.2, 0) is 6.42 Å². The van der Waals surface area contributed by atoms with Gasteiger partial charge >= 0.3 is 0 Å². The first kappa shape index (κ1) is 21.8. The van der Waals surface area contributed by atoms with Crippen molar-refractivity contribution in [1.29, 1.82) is 0 Å². The van der Waals surface area contributed by atoms with Crippen LogP contribution in [0.4, 0.5) is 0 Å². The highest BCUT2D eigenvalue weighted by Crippen LogP contribution is 2.40. The molecule has 0 aliphatic carbocycles. The first-order chi connectivity index (χ1) is 14.3. The first-order valence-electron chi connectivity index (χ1n) is 10.4. The molecule has 0 bridgehead atoms. The van der Waals surface area contributed by atoms with E-state index in [9.17, 15) is 0 Å². The van der Waals surface area contributed by atoms with Crippen molar-refractivity contribution >= 4 is 23.5 Å². The lowest BCUT2D eigenvalue weighted by atomic mass is 9.92. The quantitative estimate of drug-likeness (QED) is 0.125. The smallest absolute Gasteiger partial charge is 0.0599 e. The highest BCUT2D eigenvalue weighted by atomic mass is 32.2. The van der Waals surface area contributed by atoms with Crippen LogP contribution in [0.25, 0.3) is 0 Å². The molecule has 150 valence electrons. The topological polar surface area (TPSA) is 0 Å². The summed E-state index contributed by atoms with van der Waals surface area (Å²) in [5.74, 6) is 0.676. The van der Waals surface area contributed by atoms with Gasteiger partial charge in [-0.25, -0.2) is 0 Å². The van der Waals surface area contributed by atoms with E-state index in [-0.39, 0.29) is 0 Å². The van der Waals surface area contributed by atoms with Gasteiger partial charge in [0, 0.05) is 9.79 Å². The summed E-state index contributed by atoms with van der Waals surface area (Å²) in [5, 5.41) is 0. The molecule has 2 heteroatoms. The van der Waals surface area contributed by atoms with Crippen molar-refractivity contribution in [3.63, 3.8) is 0 Å². The molecular weight excluding hydrogens is 388 g/mol. The fraction of sp³-hybridized carbons (Fsp3) is 0.259. The fourth-order valence-corrected chi connectivity index (χ4v) is 6.33. The predicted molar refractivity (Wildman–Crippen MR) is 131 cm³/mol. The summed E-state index contributed by atoms with van der Waals surface area (Å²) < 4.78 is 0.497. The van der Waals surface area contributed by atoms with Crippen molar-refractivity contribution in [2.75, 3.05) is 0 Å². The summed E-state index contributed by atoms with van der Waals surface area (Å²) >= 11 is 4.01. The number of rotatable bonds is 12. The van der Waals surface area contributed by atoms with Gasteiger partial charge in [-0.1, -0.05) is 72.8 Å². The Morgan fingerprint density at radius 2 is 1.24 bits per heavy atom. The number of unbranched alkanes of at least 4 members (excludes halogenated alkanes) is 1. The molecule has 0 heterocycles. The van der Waals surface area contributed by atoms with E-state index < -0.39 is 0 Å². The number of allylic oxidation sites excluding steroid dienone is 1. The fourth-order valence-electron chi connectivity index (χ4n) is 3.50. The van der Waals surface area contributed by atoms with E-state index in [2.05, 4.69) is 104 Å². The van der Waals surface area contributed by atoms with Gasteiger partial charge in [-0.05, 0) is 67.9 Å². The van der Waals surface area contributed by atoms with Gasteiger partial charge < -0.3 is 0 Å². The lowest BCUT2D eigenvalue weighted by Crippen LogP contribution is -2.11. The van der Waals surface area contributed by atoms with Crippen molar-refractivity contribution in [3.8, 4) is 0 Å². The maximum atomic E-state index is 3.91. The Bertz CT molecular complexity index is 773. The molecule has 0 saturated heterocycles. The van der Waals surface area contributed by atoms with Crippen molar-refractivity contribution in [3.05, 3.63) is 109 Å². The number of thioether (sulfide) groups is 2. The van der Waals surface area contributed by atoms with Gasteiger partial charge in [0.1, 0.15) is 0 Å². The van der Waals surface area contributed by atoms with Gasteiger partial charge in [-0.2, -0.15) is 0 Å². The van der Waals surface area contributed by atoms with E-state index in [0.29, 0.717) is 10.5 Å². The molecule has 3 aromatic carbocycles. The molecular formula is C27H30S2. The lowest BCUT2D eigenvalue weighted by molar-refractivity contribution is 0.451. The maximum Gasteiger partial charge on any atom is 0.0599 e. The zero-order chi connectivity index (χ0) is 20.2. The second kappa shape index (κ2) is 12.6. The first-order valence-corrected chi connectivity index (χ1v) is 12.2. The maximum absolute atomic E-state index is 3.91. The number of benzene rings is 3. The van der Waals surface area contributed by atoms with Crippen LogP contribution in [0.15, 0.2) is 113 Å². The minimum atomic E-state index is 0.497. The molecule has 3 aromatic rings. The Morgan fingerprint density at radius 3 is 1.76 bits per heavy atom. The molecule has 0 aliphatic heterocycles. The number of hydrogen-bond acceptors (Lipinski definition) is 2. The molecule has 0 amide bonds. The monoisotopic (exact) mass is 418 g/mol. The molecule has 0 N–H and O–H groups in total. The third-order valence-electron chi connectivity index (χ3n) is 4.94. The summed E-state index contributed by atoms with van der Waals surface area (Å²) in [6.45, 7) is 3.91. The number of hydrogen-bond donors (Lipinski definition) is 0. The van der Waals surface area contributed by atoms with Crippen molar-refractivity contribution in [1.82, 2.24) is 0 Å². The van der Waals surface area contributed by atoms with Gasteiger partial charge in [0.25, 0.3) is 0 Å². The normalized spacial score (nSPS) is 12.0. The molecule has 0 saturated carbocycles. The summed E-state index contributed by atoms with van der Waals surface area (Å²) in [6, 6.07) is 32.6. The highest BCUT2D eigenvalue weighted by Gasteiger charge is 2.19. The molecule has 1 unspecified atom stereocenters. The third-order valence-corrected chi connectivity index (χ3v) is 7.51. The molecule has 29 heavy (non-hydrogen) atoms. The van der Waals surface area contributed by atoms with E-state index in [1.165, 1.54) is 34.6 Å². The second-order valence-electron chi connectivity index (χ2n) is 7.30. The zero-order valence-electron chi connectivity index (χ0n) is 17.0. The predicted octanol–water partition coefficient (Wildman–Crippen LogP) is 8.50. The van der Waals surface area contributed by atoms with Crippen LogP contribution in [0.1, 0.15) is 31.2 Å². The van der Waals surface area contributed by atoms with Crippen LogP contribution in [0, 0.1) is 5.92 Å². The Hall–Kier alpha value is -1.90. The third kappa shape index (κ3) is 8.16. The van der Waals surface area contributed by atoms with Crippen LogP contribution in [-0.4, -0.2) is 4.58 Å². The van der Waals surface area contributed by atoms with Gasteiger partial charge in [0.15, 0.2) is 0 Å². The van der Waals surface area contributed by atoms with Crippen molar-refractivity contribution in [2.45, 2.75) is 46.5 Å². The van der Waals surface area contributed by atoms with Gasteiger partial charge in [-0.15, -0.1) is 30.1 Å². The molecule has 0 radical (unpaired) electrons. The standard InChI is InChI=1S/C27H30S2/c1-2-3-7-16-24(21-23-14-8-4-9-15-23)22-27(28-25-17-10-5-11-18-25)29-26-19-12-6-13-20-26/h2,4-6,8-15,17-20,24,27H,1,3,7,16,21-22H2. The van der Waals surface area contributed by atoms with Crippen LogP contribution in [0.2, 0.25) is 0 Å². The molecule has 0 spiro atoms. The Labute approximate surface area is 184 Å². The molecule has 3 rings (SSSR count). The molecule has 0 aromatic heterocycles. The molecule has 0 nitrogen and oxygen atoms in total. The Morgan fingerprint density at radius 1 is 0.724 bits per heavy atom. The van der Waals surface area contributed by atoms with Gasteiger partial charge in [0.05, 0.1) is 4.58 Å². The van der Waals surface area contributed by atoms with E-state index in [0.717, 1.165) is 12.8 Å². The average molecular weight is 419 g/mol. The minimum absolute atomic E-state index is 0.497. The Kier molecular flexibility index (Phi) is 9.49. The zero-order valence-corrected chi connectivity index (χ0v) is 18.6. The van der Waals surface area contributed by atoms with Crippen LogP contribution in [0.3, 0.4) is 0 Å². The van der Waals surface area contributed by atoms with E-state index in [4.69, 9.17) is 0 Å². The Balaban J connectivity index is 1.73. The average Bonchev–Trinajstić information content (AvgIpc) is 2.76. The van der Waals surface area contributed by atoms with E-state index >= 15 is 0 Å². The van der Waals surface area contributed by atoms with Gasteiger partial charge in [0.2, 0.25) is 0 Å². The van der Waals surface area contributed by atoms with Crippen LogP contribution >= 0.6 is 23.5 Å². The van der Waals surface area contributed by atoms with Gasteiger partial charge in [-0.3, -0.25) is 0 Å². The molecule has 0 fully saturated rings. The van der Waals surface area contributed by atoms with E-state index in [1.807, 2.05) is 23.5 Å². The lowest BCUT2D eigenvalue weighted by Gasteiger charge is -2.23. The SMILES string of the molecule is C=CCCCC(Cc1ccccc1)CC(Sc1ccccc1)Sc1ccccc1. The molecule has 0 aliphatic rings. The summed E-state index contributed by atoms with van der Waals surface area (Å²) in [4.78, 5) is 2.70. The van der Waals surface area contributed by atoms with Crippen molar-refractivity contribution < 1.29 is 0 Å². The van der Waals surface area contributed by atoms with Crippen molar-refractivity contribution in [2.24, 2.45) is 5.92 Å². The van der Waals surface area contributed by atoms with E-state index in [1.54, 1.807) is 0 Å². The summed E-state index contributed by atoms with van der Waals surface area (Å²) in [7, 11) is 0. The van der Waals surface area contributed by atoms with Crippen LogP contribution < -0.4 is 0 Å². The highest BCUT2D eigenvalue weighted by molar-refractivity contribution is 8.17. The van der Waals surface area contributed by atoms with Crippen LogP contribution in [0.5, 0.6) is 0 Å². The molecule has 1 atom stereocenters. The minimum Gasteiger partial charge on any atom is -0.111 e. The largest absolute Gasteiger partial charge is 0.111 e.